The Labute approximate surface area is 223 Å². The monoisotopic (exact) mass is 606 g/mol. The van der Waals surface area contributed by atoms with Crippen LogP contribution < -0.4 is 0 Å². The lowest BCUT2D eigenvalue weighted by Gasteiger charge is -2.45. The molecule has 2 aliphatic heterocycles. The minimum atomic E-state index is -1.74. The molecule has 0 aliphatic carbocycles. The van der Waals surface area contributed by atoms with E-state index in [0.717, 1.165) is 0 Å². The second-order valence-electron chi connectivity index (χ2n) is 7.45. The van der Waals surface area contributed by atoms with Crippen molar-refractivity contribution in [3.63, 3.8) is 0 Å². The first-order valence-corrected chi connectivity index (χ1v) is 11.6. The molecule has 1 aromatic carbocycles. The zero-order valence-corrected chi connectivity index (χ0v) is 21.1. The molecule has 0 saturated carbocycles. The lowest BCUT2D eigenvalue weighted by molar-refractivity contribution is -0.355. The Kier molecular flexibility index (Phi) is 11.8. The van der Waals surface area contributed by atoms with Crippen LogP contribution in [0.15, 0.2) is 0 Å². The Hall–Kier alpha value is 0.0300. The number of benzene rings is 1. The van der Waals surface area contributed by atoms with Crippen molar-refractivity contribution in [1.82, 2.24) is 0 Å². The summed E-state index contributed by atoms with van der Waals surface area (Å²) in [5, 5.41) is 85.5. The van der Waals surface area contributed by atoms with Crippen molar-refractivity contribution in [2.24, 2.45) is 0 Å². The van der Waals surface area contributed by atoms with Crippen molar-refractivity contribution < 1.29 is 60.2 Å². The summed E-state index contributed by atoms with van der Waals surface area (Å²) in [5.41, 5.74) is 0. The molecule has 1 aromatic rings. The molecule has 202 valence electrons. The number of ether oxygens (including phenoxy) is 3. The maximum absolute atomic E-state index is 9.94. The number of hydrogen-bond acceptors (Lipinski definition) is 12. The van der Waals surface area contributed by atoms with Crippen LogP contribution in [0, 0.1) is 0 Å². The largest absolute Gasteiger partial charge is 0.505 e. The molecule has 0 radical (unpaired) electrons. The molecule has 2 heterocycles. The van der Waals surface area contributed by atoms with Crippen molar-refractivity contribution in [1.29, 1.82) is 0 Å². The summed E-state index contributed by atoms with van der Waals surface area (Å²) in [4.78, 5) is 0. The average Bonchev–Trinajstić information content (AvgIpc) is 2.85. The number of aromatic hydroxyl groups is 1. The van der Waals surface area contributed by atoms with E-state index >= 15 is 0 Å². The fourth-order valence-electron chi connectivity index (χ4n) is 3.16. The Morgan fingerprint density at radius 2 is 1.09 bits per heavy atom. The van der Waals surface area contributed by atoms with Crippen LogP contribution >= 0.6 is 58.0 Å². The minimum absolute atomic E-state index is 0.00904. The second kappa shape index (κ2) is 13.2. The summed E-state index contributed by atoms with van der Waals surface area (Å²) in [6.07, 6.45) is -15.6. The number of phenolic OH excluding ortho intramolecular Hbond substituents is 1. The van der Waals surface area contributed by atoms with Crippen LogP contribution in [0.4, 0.5) is 0 Å². The van der Waals surface area contributed by atoms with E-state index in [2.05, 4.69) is 0 Å². The molecule has 9 N–H and O–H groups in total. The summed E-state index contributed by atoms with van der Waals surface area (Å²) in [7, 11) is 0. The third-order valence-corrected chi connectivity index (χ3v) is 7.42. The number of halogens is 5. The summed E-state index contributed by atoms with van der Waals surface area (Å²) in [5.74, 6) is -0.363. The van der Waals surface area contributed by atoms with Crippen LogP contribution in [0.25, 0.3) is 0 Å². The third-order valence-electron chi connectivity index (χ3n) is 5.17. The molecule has 12 nitrogen and oxygen atoms in total. The molecule has 35 heavy (non-hydrogen) atoms. The van der Waals surface area contributed by atoms with E-state index in [1.807, 2.05) is 0 Å². The Bertz CT molecular complexity index is 757. The van der Waals surface area contributed by atoms with Gasteiger partial charge in [-0.05, 0) is 0 Å². The number of rotatable bonds is 4. The highest BCUT2D eigenvalue weighted by Gasteiger charge is 2.50. The molecule has 0 amide bonds. The van der Waals surface area contributed by atoms with Gasteiger partial charge in [0, 0.05) is 0 Å². The fraction of sp³-hybridized carbons (Fsp3) is 0.667. The Morgan fingerprint density at radius 3 is 1.57 bits per heavy atom. The fourth-order valence-corrected chi connectivity index (χ4v) is 4.29. The van der Waals surface area contributed by atoms with Gasteiger partial charge >= 0.3 is 0 Å². The van der Waals surface area contributed by atoms with Gasteiger partial charge in [-0.15, -0.1) is 0 Å². The van der Waals surface area contributed by atoms with Crippen molar-refractivity contribution in [2.75, 3.05) is 13.2 Å². The molecule has 0 unspecified atom stereocenters. The van der Waals surface area contributed by atoms with Crippen LogP contribution in [0.1, 0.15) is 0 Å². The lowest BCUT2D eigenvalue weighted by Crippen LogP contribution is -2.64. The van der Waals surface area contributed by atoms with Crippen molar-refractivity contribution in [3.05, 3.63) is 25.1 Å². The van der Waals surface area contributed by atoms with Crippen molar-refractivity contribution in [3.8, 4) is 5.75 Å². The first-order valence-electron chi connectivity index (χ1n) is 9.75. The maximum atomic E-state index is 9.94. The van der Waals surface area contributed by atoms with Gasteiger partial charge in [-0.2, -0.15) is 0 Å². The molecular weight excluding hydrogens is 585 g/mol. The van der Waals surface area contributed by atoms with Gasteiger partial charge in [0.25, 0.3) is 0 Å². The van der Waals surface area contributed by atoms with Crippen molar-refractivity contribution in [2.45, 2.75) is 61.4 Å². The Balaban J connectivity index is 0.000000303. The molecule has 0 aromatic heterocycles. The molecular formula is C18H23Cl5O12. The maximum Gasteiger partial charge on any atom is 0.187 e. The van der Waals surface area contributed by atoms with E-state index in [1.54, 1.807) is 0 Å². The summed E-state index contributed by atoms with van der Waals surface area (Å²) in [6, 6.07) is 0. The molecule has 3 rings (SSSR count). The predicted molar refractivity (Wildman–Crippen MR) is 122 cm³/mol. The zero-order valence-electron chi connectivity index (χ0n) is 17.3. The molecule has 17 heteroatoms. The molecule has 2 aliphatic rings. The minimum Gasteiger partial charge on any atom is -0.505 e. The summed E-state index contributed by atoms with van der Waals surface area (Å²) < 4.78 is 15.3. The number of phenols is 1. The molecule has 2 fully saturated rings. The average molecular weight is 609 g/mol. The van der Waals surface area contributed by atoms with Gasteiger partial charge in [0.2, 0.25) is 0 Å². The lowest BCUT2D eigenvalue weighted by atomic mass is 9.97. The predicted octanol–water partition coefficient (Wildman–Crippen LogP) is -0.738. The van der Waals surface area contributed by atoms with Crippen LogP contribution in [0.5, 0.6) is 5.75 Å². The van der Waals surface area contributed by atoms with Gasteiger partial charge in [0.15, 0.2) is 18.3 Å². The Morgan fingerprint density at radius 1 is 0.600 bits per heavy atom. The van der Waals surface area contributed by atoms with Gasteiger partial charge in [-0.1, -0.05) is 58.0 Å². The SMILES string of the molecule is OC[C@H]1O[C@@H](O[C@H]2[C@H](O)[C@@H](O)[C@H](O)O[C@@H]2CO)[C@H](O)[C@@H](O)[C@H]1O.Oc1c(Cl)c(Cl)c(Cl)c(Cl)c1Cl. The standard InChI is InChI=1S/C12H22O11.C6HCl5O/c13-1-3-5(15)6(16)9(19)12(22-3)23-10-4(2-14)21-11(20)8(18)7(10)17;7-1-2(8)4(10)6(12)5(11)3(1)9/h3-20H,1-2H2;12H/t3-,4-,5+,6+,7-,8-,9-,10-,11-,12+;/m1./s1. The van der Waals surface area contributed by atoms with Crippen LogP contribution in [0.2, 0.25) is 25.1 Å². The highest BCUT2D eigenvalue weighted by atomic mass is 35.5. The van der Waals surface area contributed by atoms with Gasteiger partial charge in [-0.3, -0.25) is 0 Å². The normalized spacial score (nSPS) is 37.5. The smallest absolute Gasteiger partial charge is 0.187 e. The molecule has 10 atom stereocenters. The topological polar surface area (TPSA) is 210 Å². The van der Waals surface area contributed by atoms with Gasteiger partial charge in [-0.25, -0.2) is 0 Å². The van der Waals surface area contributed by atoms with E-state index in [1.165, 1.54) is 0 Å². The third kappa shape index (κ3) is 6.73. The number of aliphatic hydroxyl groups excluding tert-OH is 8. The van der Waals surface area contributed by atoms with Crippen molar-refractivity contribution >= 4 is 58.0 Å². The number of hydrogen-bond donors (Lipinski definition) is 9. The molecule has 0 bridgehead atoms. The van der Waals surface area contributed by atoms with Gasteiger partial charge < -0.3 is 60.2 Å². The highest BCUT2D eigenvalue weighted by molar-refractivity contribution is 6.55. The van der Waals surface area contributed by atoms with E-state index < -0.39 is 74.6 Å². The van der Waals surface area contributed by atoms with E-state index in [0.29, 0.717) is 0 Å². The first-order chi connectivity index (χ1) is 16.3. The molecule has 0 spiro atoms. The highest BCUT2D eigenvalue weighted by Crippen LogP contribution is 2.47. The summed E-state index contributed by atoms with van der Waals surface area (Å²) >= 11 is 27.9. The van der Waals surface area contributed by atoms with Crippen LogP contribution in [-0.2, 0) is 14.2 Å². The van der Waals surface area contributed by atoms with Crippen LogP contribution in [-0.4, -0.2) is 121 Å². The summed E-state index contributed by atoms with van der Waals surface area (Å²) in [6.45, 7) is -1.35. The van der Waals surface area contributed by atoms with Gasteiger partial charge in [0.05, 0.1) is 28.3 Å². The van der Waals surface area contributed by atoms with E-state index in [9.17, 15) is 40.9 Å². The number of aliphatic hydroxyl groups is 8. The second-order valence-corrected chi connectivity index (χ2v) is 9.34. The van der Waals surface area contributed by atoms with Crippen LogP contribution in [0.3, 0.4) is 0 Å². The van der Waals surface area contributed by atoms with E-state index in [-0.39, 0.29) is 30.9 Å². The van der Waals surface area contributed by atoms with E-state index in [4.69, 9.17) is 77.3 Å². The quantitative estimate of drug-likeness (QED) is 0.153. The molecule has 2 saturated heterocycles. The van der Waals surface area contributed by atoms with Gasteiger partial charge in [0.1, 0.15) is 58.9 Å². The zero-order chi connectivity index (χ0) is 26.8. The first kappa shape index (κ1) is 31.2.